The number of carbonyl (C=O) groups excluding carboxylic acids is 1. The molecule has 1 amide bonds. The van der Waals surface area contributed by atoms with Gasteiger partial charge >= 0.3 is 6.09 Å². The van der Waals surface area contributed by atoms with Gasteiger partial charge in [-0.3, -0.25) is 0 Å². The maximum atomic E-state index is 12.0. The highest BCUT2D eigenvalue weighted by molar-refractivity contribution is 5.80. The van der Waals surface area contributed by atoms with Gasteiger partial charge in [0.2, 0.25) is 0 Å². The number of alkyl carbamates (subject to hydrolysis) is 1. The van der Waals surface area contributed by atoms with E-state index in [4.69, 9.17) is 9.72 Å². The average Bonchev–Trinajstić information content (AvgIpc) is 3.05. The van der Waals surface area contributed by atoms with Crippen LogP contribution in [0.3, 0.4) is 0 Å². The van der Waals surface area contributed by atoms with Gasteiger partial charge in [-0.1, -0.05) is 12.1 Å². The Kier molecular flexibility index (Phi) is 5.15. The van der Waals surface area contributed by atoms with Crippen molar-refractivity contribution in [3.63, 3.8) is 0 Å². The van der Waals surface area contributed by atoms with Crippen LogP contribution in [0.15, 0.2) is 24.3 Å². The van der Waals surface area contributed by atoms with Crippen LogP contribution in [0.2, 0.25) is 0 Å². The van der Waals surface area contributed by atoms with Gasteiger partial charge in [-0.25, -0.2) is 14.8 Å². The van der Waals surface area contributed by atoms with Crippen LogP contribution in [0.5, 0.6) is 0 Å². The Hall–Kier alpha value is -2.57. The first-order chi connectivity index (χ1) is 12.4. The second-order valence-corrected chi connectivity index (χ2v) is 7.51. The lowest BCUT2D eigenvalue weighted by Gasteiger charge is -2.28. The van der Waals surface area contributed by atoms with Crippen LogP contribution in [-0.4, -0.2) is 47.8 Å². The fourth-order valence-electron chi connectivity index (χ4n) is 3.20. The normalized spacial score (nSPS) is 17.4. The molecule has 1 fully saturated rings. The minimum absolute atomic E-state index is 0.171. The minimum Gasteiger partial charge on any atom is -0.444 e. The van der Waals surface area contributed by atoms with E-state index >= 15 is 0 Å². The number of nitrogens with zero attached hydrogens (tertiary/aromatic N) is 3. The lowest BCUT2D eigenvalue weighted by Crippen LogP contribution is -2.42. The molecule has 7 heteroatoms. The number of amides is 1. The summed E-state index contributed by atoms with van der Waals surface area (Å²) in [5.74, 6) is 1.59. The van der Waals surface area contributed by atoms with E-state index in [-0.39, 0.29) is 12.1 Å². The Labute approximate surface area is 154 Å². The molecule has 1 aromatic carbocycles. The molecular formula is C19H27N5O2. The quantitative estimate of drug-likeness (QED) is 0.875. The number of hydrogen-bond acceptors (Lipinski definition) is 6. The van der Waals surface area contributed by atoms with Crippen molar-refractivity contribution in [1.82, 2.24) is 15.3 Å². The molecule has 2 N–H and O–H groups in total. The van der Waals surface area contributed by atoms with Gasteiger partial charge in [0, 0.05) is 26.2 Å². The first-order valence-electron chi connectivity index (χ1n) is 9.05. The molecule has 0 bridgehead atoms. The summed E-state index contributed by atoms with van der Waals surface area (Å²) in [6.45, 7) is 6.99. The lowest BCUT2D eigenvalue weighted by molar-refractivity contribution is 0.0525. The maximum Gasteiger partial charge on any atom is 0.407 e. The lowest BCUT2D eigenvalue weighted by atomic mass is 10.2. The number of anilines is 2. The molecule has 1 atom stereocenters. The molecule has 0 spiro atoms. The highest BCUT2D eigenvalue weighted by atomic mass is 16.6. The van der Waals surface area contributed by atoms with Crippen LogP contribution in [0.4, 0.5) is 16.4 Å². The van der Waals surface area contributed by atoms with Gasteiger partial charge in [0.05, 0.1) is 11.0 Å². The Balaban J connectivity index is 1.77. The Bertz CT molecular complexity index is 787. The number of para-hydroxylation sites is 2. The van der Waals surface area contributed by atoms with Gasteiger partial charge in [-0.05, 0) is 45.7 Å². The minimum atomic E-state index is -0.497. The van der Waals surface area contributed by atoms with E-state index in [1.54, 1.807) is 0 Å². The molecule has 1 saturated heterocycles. The zero-order valence-electron chi connectivity index (χ0n) is 15.9. The summed E-state index contributed by atoms with van der Waals surface area (Å²) in [5, 5.41) is 6.04. The largest absolute Gasteiger partial charge is 0.444 e. The van der Waals surface area contributed by atoms with Crippen molar-refractivity contribution >= 4 is 28.8 Å². The smallest absolute Gasteiger partial charge is 0.407 e. The number of benzene rings is 1. The molecule has 0 saturated carbocycles. The molecule has 7 nitrogen and oxygen atoms in total. The van der Waals surface area contributed by atoms with Crippen molar-refractivity contribution in [2.45, 2.75) is 45.3 Å². The second kappa shape index (κ2) is 7.35. The van der Waals surface area contributed by atoms with Crippen LogP contribution in [-0.2, 0) is 4.74 Å². The van der Waals surface area contributed by atoms with Crippen LogP contribution in [0, 0.1) is 0 Å². The molecule has 3 rings (SSSR count). The third-order valence-electron chi connectivity index (χ3n) is 4.32. The van der Waals surface area contributed by atoms with E-state index < -0.39 is 5.60 Å². The molecule has 2 aromatic rings. The van der Waals surface area contributed by atoms with Gasteiger partial charge in [-0.2, -0.15) is 0 Å². The summed E-state index contributed by atoms with van der Waals surface area (Å²) in [4.78, 5) is 23.7. The predicted octanol–water partition coefficient (Wildman–Crippen LogP) is 3.17. The molecule has 1 unspecified atom stereocenters. The topological polar surface area (TPSA) is 79.4 Å². The molecule has 2 heterocycles. The van der Waals surface area contributed by atoms with Crippen molar-refractivity contribution in [2.24, 2.45) is 0 Å². The van der Waals surface area contributed by atoms with Crippen molar-refractivity contribution in [2.75, 3.05) is 30.4 Å². The number of ether oxygens (including phenoxy) is 1. The first-order valence-corrected chi connectivity index (χ1v) is 9.05. The number of carbonyl (C=O) groups is 1. The SMILES string of the molecule is CNc1nc2ccccc2nc1N1CCCC1CNC(=O)OC(C)(C)C. The molecule has 0 aliphatic carbocycles. The number of aromatic nitrogens is 2. The Morgan fingerprint density at radius 3 is 2.62 bits per heavy atom. The number of nitrogens with one attached hydrogen (secondary N) is 2. The van der Waals surface area contributed by atoms with Crippen molar-refractivity contribution < 1.29 is 9.53 Å². The fourth-order valence-corrected chi connectivity index (χ4v) is 3.20. The highest BCUT2D eigenvalue weighted by Crippen LogP contribution is 2.30. The molecule has 1 aliphatic heterocycles. The van der Waals surface area contributed by atoms with E-state index in [1.165, 1.54) is 0 Å². The van der Waals surface area contributed by atoms with Gasteiger partial charge in [-0.15, -0.1) is 0 Å². The fraction of sp³-hybridized carbons (Fsp3) is 0.526. The zero-order valence-corrected chi connectivity index (χ0v) is 15.9. The number of fused-ring (bicyclic) bond motifs is 1. The Morgan fingerprint density at radius 1 is 1.27 bits per heavy atom. The molecule has 140 valence electrons. The van der Waals surface area contributed by atoms with Crippen LogP contribution < -0.4 is 15.5 Å². The van der Waals surface area contributed by atoms with E-state index in [0.29, 0.717) is 6.54 Å². The maximum absolute atomic E-state index is 12.0. The van der Waals surface area contributed by atoms with E-state index in [1.807, 2.05) is 52.1 Å². The molecular weight excluding hydrogens is 330 g/mol. The van der Waals surface area contributed by atoms with Gasteiger partial charge in [0.25, 0.3) is 0 Å². The van der Waals surface area contributed by atoms with Gasteiger partial charge in [0.1, 0.15) is 5.60 Å². The standard InChI is InChI=1S/C19H27N5O2/c1-19(2,3)26-18(25)21-12-13-8-7-11-24(13)17-16(20-4)22-14-9-5-6-10-15(14)23-17/h5-6,9-10,13H,7-8,11-12H2,1-4H3,(H,20,22)(H,21,25). The van der Waals surface area contributed by atoms with Crippen molar-refractivity contribution in [1.29, 1.82) is 0 Å². The van der Waals surface area contributed by atoms with E-state index in [9.17, 15) is 4.79 Å². The van der Waals surface area contributed by atoms with Crippen molar-refractivity contribution in [3.05, 3.63) is 24.3 Å². The molecule has 1 aromatic heterocycles. The van der Waals surface area contributed by atoms with Gasteiger partial charge in [0.15, 0.2) is 11.6 Å². The number of hydrogen-bond donors (Lipinski definition) is 2. The molecule has 0 radical (unpaired) electrons. The summed E-state index contributed by atoms with van der Waals surface area (Å²) in [7, 11) is 1.85. The third-order valence-corrected chi connectivity index (χ3v) is 4.32. The first kappa shape index (κ1) is 18.2. The summed E-state index contributed by atoms with van der Waals surface area (Å²) in [5.41, 5.74) is 1.23. The molecule has 26 heavy (non-hydrogen) atoms. The average molecular weight is 357 g/mol. The van der Waals surface area contributed by atoms with Gasteiger partial charge < -0.3 is 20.3 Å². The highest BCUT2D eigenvalue weighted by Gasteiger charge is 2.29. The third kappa shape index (κ3) is 4.15. The van der Waals surface area contributed by atoms with E-state index in [2.05, 4.69) is 20.5 Å². The Morgan fingerprint density at radius 2 is 1.96 bits per heavy atom. The van der Waals surface area contributed by atoms with Crippen LogP contribution >= 0.6 is 0 Å². The second-order valence-electron chi connectivity index (χ2n) is 7.51. The zero-order chi connectivity index (χ0) is 18.7. The predicted molar refractivity (Wildman–Crippen MR) is 104 cm³/mol. The monoisotopic (exact) mass is 357 g/mol. The summed E-state index contributed by atoms with van der Waals surface area (Å²) >= 11 is 0. The van der Waals surface area contributed by atoms with Crippen LogP contribution in [0.1, 0.15) is 33.6 Å². The number of rotatable bonds is 4. The van der Waals surface area contributed by atoms with Crippen LogP contribution in [0.25, 0.3) is 11.0 Å². The summed E-state index contributed by atoms with van der Waals surface area (Å²) in [6, 6.07) is 8.02. The summed E-state index contributed by atoms with van der Waals surface area (Å²) < 4.78 is 5.33. The summed E-state index contributed by atoms with van der Waals surface area (Å²) in [6.07, 6.45) is 1.66. The van der Waals surface area contributed by atoms with Crippen molar-refractivity contribution in [3.8, 4) is 0 Å². The molecule has 1 aliphatic rings. The van der Waals surface area contributed by atoms with E-state index in [0.717, 1.165) is 42.1 Å².